The predicted octanol–water partition coefficient (Wildman–Crippen LogP) is 1.71. The van der Waals surface area contributed by atoms with Crippen molar-refractivity contribution in [2.24, 2.45) is 5.92 Å². The fraction of sp³-hybridized carbons (Fsp3) is 0.632. The van der Waals surface area contributed by atoms with E-state index in [1.807, 2.05) is 30.0 Å². The number of piperidine rings is 1. The van der Waals surface area contributed by atoms with E-state index in [2.05, 4.69) is 15.6 Å². The topological polar surface area (TPSA) is 77.6 Å². The van der Waals surface area contributed by atoms with E-state index < -0.39 is 0 Å². The third-order valence-electron chi connectivity index (χ3n) is 5.20. The first-order valence-corrected chi connectivity index (χ1v) is 9.48. The van der Waals surface area contributed by atoms with Gasteiger partial charge in [0, 0.05) is 45.5 Å². The molecule has 9 heteroatoms. The summed E-state index contributed by atoms with van der Waals surface area (Å²) >= 11 is 0. The molecule has 3 heterocycles. The molecule has 28 heavy (non-hydrogen) atoms. The van der Waals surface area contributed by atoms with E-state index in [9.17, 15) is 9.59 Å². The van der Waals surface area contributed by atoms with Gasteiger partial charge in [-0.2, -0.15) is 0 Å². The van der Waals surface area contributed by atoms with Crippen molar-refractivity contribution in [1.82, 2.24) is 20.5 Å². The molecule has 2 aliphatic rings. The Bertz CT molecular complexity index is 653. The van der Waals surface area contributed by atoms with Crippen LogP contribution in [0.25, 0.3) is 0 Å². The lowest BCUT2D eigenvalue weighted by atomic mass is 9.97. The Labute approximate surface area is 179 Å². The Morgan fingerprint density at radius 3 is 2.75 bits per heavy atom. The van der Waals surface area contributed by atoms with Gasteiger partial charge in [0.25, 0.3) is 5.91 Å². The molecule has 3 rings (SSSR count). The fourth-order valence-electron chi connectivity index (χ4n) is 3.67. The average molecular weight is 432 g/mol. The number of aromatic nitrogens is 1. The number of carbonyl (C=O) groups excluding carboxylic acids is 2. The summed E-state index contributed by atoms with van der Waals surface area (Å²) in [6.45, 7) is 3.02. The number of hydrogen-bond acceptors (Lipinski definition) is 5. The van der Waals surface area contributed by atoms with Gasteiger partial charge in [-0.1, -0.05) is 0 Å². The highest BCUT2D eigenvalue weighted by atomic mass is 35.5. The number of carbonyl (C=O) groups is 2. The molecule has 1 aromatic heterocycles. The van der Waals surface area contributed by atoms with Crippen LogP contribution in [-0.2, 0) is 4.79 Å². The molecule has 2 unspecified atom stereocenters. The van der Waals surface area contributed by atoms with Crippen molar-refractivity contribution in [3.8, 4) is 0 Å². The van der Waals surface area contributed by atoms with Crippen LogP contribution in [0.4, 0.5) is 5.82 Å². The summed E-state index contributed by atoms with van der Waals surface area (Å²) in [5.74, 6) is 1.23. The number of hydrogen-bond donors (Lipinski definition) is 2. The van der Waals surface area contributed by atoms with Gasteiger partial charge in [-0.05, 0) is 50.3 Å². The van der Waals surface area contributed by atoms with Crippen molar-refractivity contribution < 1.29 is 9.59 Å². The Morgan fingerprint density at radius 2 is 2.07 bits per heavy atom. The molecule has 7 nitrogen and oxygen atoms in total. The number of anilines is 1. The minimum atomic E-state index is -0.0439. The van der Waals surface area contributed by atoms with Gasteiger partial charge in [0.1, 0.15) is 5.82 Å². The minimum absolute atomic E-state index is 0. The molecule has 2 N–H and O–H groups in total. The van der Waals surface area contributed by atoms with Gasteiger partial charge in [0.2, 0.25) is 5.91 Å². The summed E-state index contributed by atoms with van der Waals surface area (Å²) in [4.78, 5) is 33.1. The second-order valence-corrected chi connectivity index (χ2v) is 7.45. The highest BCUT2D eigenvalue weighted by Crippen LogP contribution is 2.19. The molecule has 158 valence electrons. The number of halogens is 2. The maximum atomic E-state index is 12.8. The van der Waals surface area contributed by atoms with E-state index in [0.717, 1.165) is 44.6 Å². The molecule has 0 aromatic carbocycles. The number of rotatable bonds is 5. The lowest BCUT2D eigenvalue weighted by Crippen LogP contribution is -2.46. The van der Waals surface area contributed by atoms with Gasteiger partial charge >= 0.3 is 0 Å². The molecule has 0 saturated carbocycles. The number of nitrogens with one attached hydrogen (secondary N) is 2. The first kappa shape index (κ1) is 24.5. The van der Waals surface area contributed by atoms with Crippen LogP contribution < -0.4 is 15.5 Å². The number of likely N-dealkylation sites (tertiary alicyclic amines) is 1. The van der Waals surface area contributed by atoms with Crippen LogP contribution in [0.1, 0.15) is 36.0 Å². The zero-order valence-corrected chi connectivity index (χ0v) is 18.2. The zero-order valence-electron chi connectivity index (χ0n) is 16.5. The Morgan fingerprint density at radius 1 is 1.29 bits per heavy atom. The lowest BCUT2D eigenvalue weighted by molar-refractivity contribution is -0.123. The SMILES string of the molecule is CN(C)c1cc(C(=O)N2CCCC(CNC(=O)C3CCCN3)C2)ccn1.Cl.Cl. The molecule has 0 bridgehead atoms. The van der Waals surface area contributed by atoms with E-state index in [1.54, 1.807) is 12.3 Å². The van der Waals surface area contributed by atoms with Crippen molar-refractivity contribution in [3.05, 3.63) is 23.9 Å². The van der Waals surface area contributed by atoms with Gasteiger partial charge in [-0.3, -0.25) is 9.59 Å². The van der Waals surface area contributed by atoms with Crippen molar-refractivity contribution in [2.45, 2.75) is 31.7 Å². The minimum Gasteiger partial charge on any atom is -0.363 e. The van der Waals surface area contributed by atoms with Gasteiger partial charge in [-0.15, -0.1) is 24.8 Å². The van der Waals surface area contributed by atoms with Gasteiger partial charge in [0.05, 0.1) is 6.04 Å². The Kier molecular flexibility index (Phi) is 9.99. The number of amides is 2. The number of nitrogens with zero attached hydrogens (tertiary/aromatic N) is 3. The van der Waals surface area contributed by atoms with E-state index in [1.165, 1.54) is 0 Å². The molecule has 2 atom stereocenters. The molecular formula is C19H31Cl2N5O2. The standard InChI is InChI=1S/C19H29N5O2.2ClH/c1-23(2)17-11-15(7-9-21-17)19(26)24-10-4-5-14(13-24)12-22-18(25)16-6-3-8-20-16;;/h7,9,11,14,16,20H,3-6,8,10,12-13H2,1-2H3,(H,22,25);2*1H. The molecule has 1 aromatic rings. The highest BCUT2D eigenvalue weighted by molar-refractivity contribution is 5.95. The van der Waals surface area contributed by atoms with Crippen LogP contribution >= 0.6 is 24.8 Å². The Hall–Kier alpha value is -1.57. The molecule has 0 aliphatic carbocycles. The summed E-state index contributed by atoms with van der Waals surface area (Å²) in [5, 5.41) is 6.28. The van der Waals surface area contributed by atoms with Gasteiger partial charge in [0.15, 0.2) is 0 Å². The van der Waals surface area contributed by atoms with Crippen molar-refractivity contribution >= 4 is 42.4 Å². The third-order valence-corrected chi connectivity index (χ3v) is 5.20. The smallest absolute Gasteiger partial charge is 0.254 e. The quantitative estimate of drug-likeness (QED) is 0.741. The molecular weight excluding hydrogens is 401 g/mol. The van der Waals surface area contributed by atoms with Gasteiger partial charge < -0.3 is 20.4 Å². The Balaban J connectivity index is 0.00000196. The maximum absolute atomic E-state index is 12.8. The van der Waals surface area contributed by atoms with Crippen molar-refractivity contribution in [3.63, 3.8) is 0 Å². The predicted molar refractivity (Wildman–Crippen MR) is 116 cm³/mol. The van der Waals surface area contributed by atoms with Crippen LogP contribution in [0.3, 0.4) is 0 Å². The lowest BCUT2D eigenvalue weighted by Gasteiger charge is -2.33. The third kappa shape index (κ3) is 6.22. The van der Waals surface area contributed by atoms with Crippen molar-refractivity contribution in [2.75, 3.05) is 45.2 Å². The summed E-state index contributed by atoms with van der Waals surface area (Å²) in [6.07, 6.45) is 5.67. The van der Waals surface area contributed by atoms with Crippen molar-refractivity contribution in [1.29, 1.82) is 0 Å². The molecule has 0 radical (unpaired) electrons. The summed E-state index contributed by atoms with van der Waals surface area (Å²) in [6, 6.07) is 3.56. The maximum Gasteiger partial charge on any atom is 0.254 e. The van der Waals surface area contributed by atoms with Gasteiger partial charge in [-0.25, -0.2) is 4.98 Å². The second-order valence-electron chi connectivity index (χ2n) is 7.45. The summed E-state index contributed by atoms with van der Waals surface area (Å²) in [5.41, 5.74) is 0.670. The number of pyridine rings is 1. The molecule has 2 fully saturated rings. The van der Waals surface area contributed by atoms with Crippen LogP contribution in [-0.4, -0.2) is 68.0 Å². The molecule has 2 saturated heterocycles. The molecule has 2 amide bonds. The summed E-state index contributed by atoms with van der Waals surface area (Å²) < 4.78 is 0. The molecule has 2 aliphatic heterocycles. The van der Waals surface area contributed by atoms with Crippen LogP contribution in [0.5, 0.6) is 0 Å². The fourth-order valence-corrected chi connectivity index (χ4v) is 3.67. The normalized spacial score (nSPS) is 21.3. The summed E-state index contributed by atoms with van der Waals surface area (Å²) in [7, 11) is 3.82. The first-order valence-electron chi connectivity index (χ1n) is 9.48. The van der Waals surface area contributed by atoms with Crippen LogP contribution in [0.2, 0.25) is 0 Å². The zero-order chi connectivity index (χ0) is 18.5. The highest BCUT2D eigenvalue weighted by Gasteiger charge is 2.27. The average Bonchev–Trinajstić information content (AvgIpc) is 3.20. The second kappa shape index (κ2) is 11.4. The van der Waals surface area contributed by atoms with E-state index in [4.69, 9.17) is 0 Å². The van der Waals surface area contributed by atoms with E-state index >= 15 is 0 Å². The van der Waals surface area contributed by atoms with Crippen LogP contribution in [0.15, 0.2) is 18.3 Å². The van der Waals surface area contributed by atoms with E-state index in [-0.39, 0.29) is 42.7 Å². The first-order chi connectivity index (χ1) is 12.5. The molecule has 0 spiro atoms. The largest absolute Gasteiger partial charge is 0.363 e. The van der Waals surface area contributed by atoms with Crippen LogP contribution in [0, 0.1) is 5.92 Å². The van der Waals surface area contributed by atoms with E-state index in [0.29, 0.717) is 24.6 Å². The monoisotopic (exact) mass is 431 g/mol.